The molecular formula is C18H30FNO. The standard InChI is InChI=1S/C13H16FNO.C3H8.C2H6/c1-15-8-6-11(7-9-15)13(16)10-2-4-12(14)5-3-10;1-3-2;1-2/h2-5,11H,6-9H2,1H3;3H2,1-2H3;1-2H3. The van der Waals surface area contributed by atoms with Crippen LogP contribution in [0.15, 0.2) is 24.3 Å². The van der Waals surface area contributed by atoms with Gasteiger partial charge in [-0.05, 0) is 57.2 Å². The van der Waals surface area contributed by atoms with Gasteiger partial charge in [0.25, 0.3) is 0 Å². The molecule has 0 aliphatic carbocycles. The summed E-state index contributed by atoms with van der Waals surface area (Å²) in [4.78, 5) is 14.3. The van der Waals surface area contributed by atoms with Crippen LogP contribution in [0.3, 0.4) is 0 Å². The molecule has 0 bridgehead atoms. The van der Waals surface area contributed by atoms with Crippen molar-refractivity contribution < 1.29 is 9.18 Å². The molecule has 0 spiro atoms. The summed E-state index contributed by atoms with van der Waals surface area (Å²) in [5.41, 5.74) is 0.635. The predicted octanol–water partition coefficient (Wildman–Crippen LogP) is 4.79. The van der Waals surface area contributed by atoms with E-state index in [4.69, 9.17) is 0 Å². The van der Waals surface area contributed by atoms with Crippen molar-refractivity contribution in [3.05, 3.63) is 35.6 Å². The number of carbonyl (C=O) groups excluding carboxylic acids is 1. The van der Waals surface area contributed by atoms with E-state index >= 15 is 0 Å². The Morgan fingerprint density at radius 3 is 2.00 bits per heavy atom. The number of nitrogens with zero attached hydrogens (tertiary/aromatic N) is 1. The highest BCUT2D eigenvalue weighted by molar-refractivity contribution is 5.97. The molecule has 0 radical (unpaired) electrons. The van der Waals surface area contributed by atoms with E-state index in [-0.39, 0.29) is 17.5 Å². The molecule has 0 unspecified atom stereocenters. The first-order valence-corrected chi connectivity index (χ1v) is 8.06. The Kier molecular flexibility index (Phi) is 10.8. The number of piperidine rings is 1. The maximum Gasteiger partial charge on any atom is 0.166 e. The molecule has 0 amide bonds. The first-order valence-electron chi connectivity index (χ1n) is 8.06. The SMILES string of the molecule is CC.CCC.CN1CCC(C(=O)c2ccc(F)cc2)CC1. The summed E-state index contributed by atoms with van der Waals surface area (Å²) in [7, 11) is 2.07. The minimum Gasteiger partial charge on any atom is -0.306 e. The highest BCUT2D eigenvalue weighted by Crippen LogP contribution is 2.21. The Bertz CT molecular complexity index is 381. The maximum absolute atomic E-state index is 12.7. The number of halogens is 1. The molecule has 1 aliphatic rings. The van der Waals surface area contributed by atoms with E-state index < -0.39 is 0 Å². The number of carbonyl (C=O) groups is 1. The summed E-state index contributed by atoms with van der Waals surface area (Å²) in [5.74, 6) is -0.0188. The van der Waals surface area contributed by atoms with Gasteiger partial charge in [0.05, 0.1) is 0 Å². The van der Waals surface area contributed by atoms with Gasteiger partial charge < -0.3 is 4.90 Å². The third-order valence-electron chi connectivity index (χ3n) is 3.22. The molecule has 0 saturated carbocycles. The van der Waals surface area contributed by atoms with E-state index in [2.05, 4.69) is 25.8 Å². The lowest BCUT2D eigenvalue weighted by atomic mass is 9.89. The number of ketones is 1. The van der Waals surface area contributed by atoms with Gasteiger partial charge in [0.15, 0.2) is 5.78 Å². The normalized spacial score (nSPS) is 15.3. The molecule has 3 heteroatoms. The van der Waals surface area contributed by atoms with Crippen molar-refractivity contribution in [2.24, 2.45) is 5.92 Å². The molecule has 120 valence electrons. The molecular weight excluding hydrogens is 265 g/mol. The molecule has 0 N–H and O–H groups in total. The molecule has 1 fully saturated rings. The molecule has 0 aromatic heterocycles. The van der Waals surface area contributed by atoms with Crippen LogP contribution in [0, 0.1) is 11.7 Å². The highest BCUT2D eigenvalue weighted by atomic mass is 19.1. The second-order valence-electron chi connectivity index (χ2n) is 5.16. The summed E-state index contributed by atoms with van der Waals surface area (Å²) in [5, 5.41) is 0. The number of Topliss-reactive ketones (excluding diaryl/α,β-unsaturated/α-hetero) is 1. The third kappa shape index (κ3) is 7.37. The van der Waals surface area contributed by atoms with E-state index in [0.717, 1.165) is 25.9 Å². The second kappa shape index (κ2) is 11.4. The smallest absolute Gasteiger partial charge is 0.166 e. The van der Waals surface area contributed by atoms with Crippen LogP contribution in [0.5, 0.6) is 0 Å². The van der Waals surface area contributed by atoms with Gasteiger partial charge in [0, 0.05) is 11.5 Å². The average Bonchev–Trinajstić information content (AvgIpc) is 2.51. The summed E-state index contributed by atoms with van der Waals surface area (Å²) in [6.07, 6.45) is 3.07. The molecule has 2 nitrogen and oxygen atoms in total. The minimum atomic E-state index is -0.292. The zero-order valence-electron chi connectivity index (χ0n) is 14.2. The van der Waals surface area contributed by atoms with Gasteiger partial charge in [-0.3, -0.25) is 4.79 Å². The van der Waals surface area contributed by atoms with Crippen molar-refractivity contribution in [2.45, 2.75) is 47.0 Å². The van der Waals surface area contributed by atoms with E-state index in [0.29, 0.717) is 5.56 Å². The predicted molar refractivity (Wildman–Crippen MR) is 88.3 cm³/mol. The first-order chi connectivity index (χ1) is 10.1. The van der Waals surface area contributed by atoms with Gasteiger partial charge in [-0.15, -0.1) is 0 Å². The lowest BCUT2D eigenvalue weighted by molar-refractivity contribution is 0.0857. The number of likely N-dealkylation sites (tertiary alicyclic amines) is 1. The monoisotopic (exact) mass is 295 g/mol. The van der Waals surface area contributed by atoms with Gasteiger partial charge in [0.2, 0.25) is 0 Å². The van der Waals surface area contributed by atoms with Crippen LogP contribution >= 0.6 is 0 Å². The van der Waals surface area contributed by atoms with Crippen LogP contribution < -0.4 is 0 Å². The van der Waals surface area contributed by atoms with E-state index in [1.54, 1.807) is 12.1 Å². The van der Waals surface area contributed by atoms with Crippen molar-refractivity contribution in [1.82, 2.24) is 4.90 Å². The minimum absolute atomic E-state index is 0.113. The van der Waals surface area contributed by atoms with Gasteiger partial charge in [-0.25, -0.2) is 4.39 Å². The molecule has 1 aromatic carbocycles. The van der Waals surface area contributed by atoms with Gasteiger partial charge >= 0.3 is 0 Å². The van der Waals surface area contributed by atoms with Gasteiger partial charge in [-0.2, -0.15) is 0 Å². The van der Waals surface area contributed by atoms with Crippen LogP contribution in [-0.2, 0) is 0 Å². The third-order valence-corrected chi connectivity index (χ3v) is 3.22. The van der Waals surface area contributed by atoms with Gasteiger partial charge in [-0.1, -0.05) is 34.1 Å². The number of hydrogen-bond donors (Lipinski definition) is 0. The lowest BCUT2D eigenvalue weighted by Crippen LogP contribution is -2.33. The maximum atomic E-state index is 12.7. The second-order valence-corrected chi connectivity index (χ2v) is 5.16. The molecule has 21 heavy (non-hydrogen) atoms. The zero-order chi connectivity index (χ0) is 16.3. The van der Waals surface area contributed by atoms with Crippen LogP contribution in [-0.4, -0.2) is 30.8 Å². The molecule has 1 aliphatic heterocycles. The van der Waals surface area contributed by atoms with E-state index in [1.807, 2.05) is 13.8 Å². The fraction of sp³-hybridized carbons (Fsp3) is 0.611. The van der Waals surface area contributed by atoms with E-state index in [9.17, 15) is 9.18 Å². The number of rotatable bonds is 2. The zero-order valence-corrected chi connectivity index (χ0v) is 14.2. The topological polar surface area (TPSA) is 20.3 Å². The molecule has 1 aromatic rings. The Hall–Kier alpha value is -1.22. The Balaban J connectivity index is 0.000000713. The fourth-order valence-electron chi connectivity index (χ4n) is 2.12. The van der Waals surface area contributed by atoms with Crippen molar-refractivity contribution in [2.75, 3.05) is 20.1 Å². The Morgan fingerprint density at radius 2 is 1.57 bits per heavy atom. The number of hydrogen-bond acceptors (Lipinski definition) is 2. The average molecular weight is 295 g/mol. The van der Waals surface area contributed by atoms with Crippen molar-refractivity contribution in [1.29, 1.82) is 0 Å². The van der Waals surface area contributed by atoms with Crippen LogP contribution in [0.4, 0.5) is 4.39 Å². The molecule has 1 saturated heterocycles. The Morgan fingerprint density at radius 1 is 1.14 bits per heavy atom. The first kappa shape index (κ1) is 19.8. The quantitative estimate of drug-likeness (QED) is 0.731. The van der Waals surface area contributed by atoms with Crippen LogP contribution in [0.1, 0.15) is 57.3 Å². The largest absolute Gasteiger partial charge is 0.306 e. The number of benzene rings is 1. The summed E-state index contributed by atoms with van der Waals surface area (Å²) >= 11 is 0. The highest BCUT2D eigenvalue weighted by Gasteiger charge is 2.24. The Labute approximate surface area is 129 Å². The fourth-order valence-corrected chi connectivity index (χ4v) is 2.12. The van der Waals surface area contributed by atoms with Crippen LogP contribution in [0.25, 0.3) is 0 Å². The van der Waals surface area contributed by atoms with Crippen LogP contribution in [0.2, 0.25) is 0 Å². The van der Waals surface area contributed by atoms with Crippen molar-refractivity contribution in [3.63, 3.8) is 0 Å². The summed E-state index contributed by atoms with van der Waals surface area (Å²) in [6.45, 7) is 10.2. The van der Waals surface area contributed by atoms with E-state index in [1.165, 1.54) is 18.6 Å². The molecule has 0 atom stereocenters. The summed E-state index contributed by atoms with van der Waals surface area (Å²) < 4.78 is 12.7. The van der Waals surface area contributed by atoms with Gasteiger partial charge in [0.1, 0.15) is 5.82 Å². The lowest BCUT2D eigenvalue weighted by Gasteiger charge is -2.27. The molecule has 1 heterocycles. The molecule has 2 rings (SSSR count). The summed E-state index contributed by atoms with van der Waals surface area (Å²) in [6, 6.07) is 5.86. The van der Waals surface area contributed by atoms with Crippen molar-refractivity contribution >= 4 is 5.78 Å². The van der Waals surface area contributed by atoms with Crippen molar-refractivity contribution in [3.8, 4) is 0 Å².